The lowest BCUT2D eigenvalue weighted by atomic mass is 9.69. The Morgan fingerprint density at radius 3 is 2.62 bits per heavy atom. The van der Waals surface area contributed by atoms with Crippen LogP contribution in [0.15, 0.2) is 30.4 Å². The smallest absolute Gasteiger partial charge is 0.119 e. The molecular formula is C23H34O. The van der Waals surface area contributed by atoms with E-state index in [1.807, 2.05) is 0 Å². The van der Waals surface area contributed by atoms with E-state index in [-0.39, 0.29) is 0 Å². The second-order valence-electron chi connectivity index (χ2n) is 7.83. The molecule has 3 rings (SSSR count). The van der Waals surface area contributed by atoms with Gasteiger partial charge in [0.2, 0.25) is 0 Å². The highest BCUT2D eigenvalue weighted by molar-refractivity contribution is 5.37. The topological polar surface area (TPSA) is 9.23 Å². The third-order valence-corrected chi connectivity index (χ3v) is 6.37. The van der Waals surface area contributed by atoms with Gasteiger partial charge in [0, 0.05) is 0 Å². The van der Waals surface area contributed by atoms with Gasteiger partial charge in [0.05, 0.1) is 6.61 Å². The lowest BCUT2D eigenvalue weighted by Crippen LogP contribution is -2.26. The summed E-state index contributed by atoms with van der Waals surface area (Å²) in [7, 11) is 0. The van der Waals surface area contributed by atoms with Gasteiger partial charge in [-0.2, -0.15) is 0 Å². The van der Waals surface area contributed by atoms with E-state index < -0.39 is 0 Å². The van der Waals surface area contributed by atoms with Crippen LogP contribution in [0, 0.1) is 17.8 Å². The number of allylic oxidation sites excluding steroid dienone is 1. The van der Waals surface area contributed by atoms with Crippen LogP contribution in [0.2, 0.25) is 0 Å². The summed E-state index contributed by atoms with van der Waals surface area (Å²) in [5, 5.41) is 0. The number of hydrogen-bond acceptors (Lipinski definition) is 1. The fraction of sp³-hybridized carbons (Fsp3) is 0.652. The van der Waals surface area contributed by atoms with Gasteiger partial charge < -0.3 is 4.74 Å². The van der Waals surface area contributed by atoms with Gasteiger partial charge in [-0.3, -0.25) is 0 Å². The first-order valence-corrected chi connectivity index (χ1v) is 10.2. The number of hydrogen-bond donors (Lipinski definition) is 0. The van der Waals surface area contributed by atoms with Crippen molar-refractivity contribution in [3.05, 3.63) is 41.5 Å². The SMILES string of the molecule is CC=CCCOc1ccc2c(c1)CCC(C1CCC(CC)CC1)C2. The number of rotatable bonds is 6. The second-order valence-corrected chi connectivity index (χ2v) is 7.83. The molecule has 1 saturated carbocycles. The fourth-order valence-corrected chi connectivity index (χ4v) is 4.73. The molecule has 1 heteroatoms. The molecule has 24 heavy (non-hydrogen) atoms. The molecule has 0 saturated heterocycles. The van der Waals surface area contributed by atoms with E-state index in [1.54, 1.807) is 5.56 Å². The van der Waals surface area contributed by atoms with Crippen LogP contribution in [0.25, 0.3) is 0 Å². The normalized spacial score (nSPS) is 27.2. The van der Waals surface area contributed by atoms with Gasteiger partial charge in [-0.25, -0.2) is 0 Å². The van der Waals surface area contributed by atoms with Gasteiger partial charge in [0.1, 0.15) is 5.75 Å². The van der Waals surface area contributed by atoms with Crippen molar-refractivity contribution in [3.8, 4) is 5.75 Å². The first-order chi connectivity index (χ1) is 11.8. The number of ether oxygens (including phenoxy) is 1. The summed E-state index contributed by atoms with van der Waals surface area (Å²) < 4.78 is 5.89. The van der Waals surface area contributed by atoms with Crippen LogP contribution in [0.4, 0.5) is 0 Å². The zero-order chi connectivity index (χ0) is 16.8. The van der Waals surface area contributed by atoms with Crippen LogP contribution < -0.4 is 4.74 Å². The second kappa shape index (κ2) is 8.74. The molecular weight excluding hydrogens is 292 g/mol. The fourth-order valence-electron chi connectivity index (χ4n) is 4.73. The summed E-state index contributed by atoms with van der Waals surface area (Å²) in [6.07, 6.45) is 16.5. The van der Waals surface area contributed by atoms with Crippen molar-refractivity contribution >= 4 is 0 Å². The Balaban J connectivity index is 1.54. The van der Waals surface area contributed by atoms with Crippen molar-refractivity contribution in [2.75, 3.05) is 6.61 Å². The van der Waals surface area contributed by atoms with Gasteiger partial charge >= 0.3 is 0 Å². The third-order valence-electron chi connectivity index (χ3n) is 6.37. The summed E-state index contributed by atoms with van der Waals surface area (Å²) in [5.74, 6) is 3.98. The molecule has 0 aromatic heterocycles. The minimum absolute atomic E-state index is 0.784. The maximum Gasteiger partial charge on any atom is 0.119 e. The van der Waals surface area contributed by atoms with Crippen molar-refractivity contribution in [3.63, 3.8) is 0 Å². The molecule has 132 valence electrons. The summed E-state index contributed by atoms with van der Waals surface area (Å²) in [4.78, 5) is 0. The molecule has 2 aliphatic carbocycles. The third kappa shape index (κ3) is 4.43. The highest BCUT2D eigenvalue weighted by Gasteiger charge is 2.29. The Bertz CT molecular complexity index is 537. The molecule has 1 fully saturated rings. The molecule has 0 N–H and O–H groups in total. The van der Waals surface area contributed by atoms with Crippen LogP contribution in [-0.2, 0) is 12.8 Å². The predicted molar refractivity (Wildman–Crippen MR) is 103 cm³/mol. The van der Waals surface area contributed by atoms with Crippen molar-refractivity contribution in [1.82, 2.24) is 0 Å². The Hall–Kier alpha value is -1.24. The lowest BCUT2D eigenvalue weighted by molar-refractivity contribution is 0.187. The molecule has 0 heterocycles. The highest BCUT2D eigenvalue weighted by Crippen LogP contribution is 2.40. The zero-order valence-corrected chi connectivity index (χ0v) is 15.6. The molecule has 0 spiro atoms. The first kappa shape index (κ1) is 17.6. The maximum atomic E-state index is 5.89. The summed E-state index contributed by atoms with van der Waals surface area (Å²) in [6.45, 7) is 5.20. The minimum Gasteiger partial charge on any atom is -0.493 e. The number of benzene rings is 1. The predicted octanol–water partition coefficient (Wildman–Crippen LogP) is 6.35. The van der Waals surface area contributed by atoms with E-state index in [2.05, 4.69) is 44.2 Å². The first-order valence-electron chi connectivity index (χ1n) is 10.2. The highest BCUT2D eigenvalue weighted by atomic mass is 16.5. The van der Waals surface area contributed by atoms with E-state index in [9.17, 15) is 0 Å². The summed E-state index contributed by atoms with van der Waals surface area (Å²) >= 11 is 0. The molecule has 1 atom stereocenters. The molecule has 0 bridgehead atoms. The maximum absolute atomic E-state index is 5.89. The van der Waals surface area contributed by atoms with Gasteiger partial charge in [-0.05, 0) is 86.5 Å². The lowest BCUT2D eigenvalue weighted by Gasteiger charge is -2.36. The molecule has 1 aromatic carbocycles. The molecule has 0 amide bonds. The van der Waals surface area contributed by atoms with E-state index in [1.165, 1.54) is 56.9 Å². The van der Waals surface area contributed by atoms with Crippen molar-refractivity contribution in [2.45, 2.75) is 71.6 Å². The molecule has 0 aliphatic heterocycles. The molecule has 1 unspecified atom stereocenters. The van der Waals surface area contributed by atoms with Crippen LogP contribution in [0.1, 0.15) is 69.9 Å². The van der Waals surface area contributed by atoms with Gasteiger partial charge in [0.25, 0.3) is 0 Å². The summed E-state index contributed by atoms with van der Waals surface area (Å²) in [5.41, 5.74) is 3.13. The van der Waals surface area contributed by atoms with Gasteiger partial charge in [-0.1, -0.05) is 44.4 Å². The van der Waals surface area contributed by atoms with E-state index in [0.717, 1.165) is 36.5 Å². The van der Waals surface area contributed by atoms with Crippen LogP contribution in [0.5, 0.6) is 5.75 Å². The minimum atomic E-state index is 0.784. The van der Waals surface area contributed by atoms with Crippen LogP contribution in [0.3, 0.4) is 0 Å². The standard InChI is InChI=1S/C23H34O/c1-3-5-6-15-24-23-14-13-21-16-20(11-12-22(21)17-23)19-9-7-18(4-2)8-10-19/h3,5,13-14,17-20H,4,6-12,15-16H2,1-2H3. The van der Waals surface area contributed by atoms with E-state index >= 15 is 0 Å². The van der Waals surface area contributed by atoms with Gasteiger partial charge in [0.15, 0.2) is 0 Å². The Morgan fingerprint density at radius 1 is 1.04 bits per heavy atom. The number of fused-ring (bicyclic) bond motifs is 1. The monoisotopic (exact) mass is 326 g/mol. The molecule has 1 nitrogen and oxygen atoms in total. The molecule has 1 aromatic rings. The molecule has 0 radical (unpaired) electrons. The van der Waals surface area contributed by atoms with Crippen LogP contribution in [-0.4, -0.2) is 6.61 Å². The van der Waals surface area contributed by atoms with Crippen LogP contribution >= 0.6 is 0 Å². The quantitative estimate of drug-likeness (QED) is 0.437. The Labute approximate surface area is 148 Å². The Morgan fingerprint density at radius 2 is 1.88 bits per heavy atom. The van der Waals surface area contributed by atoms with Crippen molar-refractivity contribution < 1.29 is 4.74 Å². The van der Waals surface area contributed by atoms with Gasteiger partial charge in [-0.15, -0.1) is 0 Å². The average Bonchev–Trinajstić information content (AvgIpc) is 2.65. The Kier molecular flexibility index (Phi) is 6.40. The van der Waals surface area contributed by atoms with E-state index in [4.69, 9.17) is 4.74 Å². The zero-order valence-electron chi connectivity index (χ0n) is 15.6. The van der Waals surface area contributed by atoms with Crippen molar-refractivity contribution in [2.24, 2.45) is 17.8 Å². The largest absolute Gasteiger partial charge is 0.493 e. The number of aryl methyl sites for hydroxylation is 1. The van der Waals surface area contributed by atoms with Crippen molar-refractivity contribution in [1.29, 1.82) is 0 Å². The van der Waals surface area contributed by atoms with E-state index in [0.29, 0.717) is 0 Å². The molecule has 2 aliphatic rings. The average molecular weight is 327 g/mol. The summed E-state index contributed by atoms with van der Waals surface area (Å²) in [6, 6.07) is 6.82.